The maximum absolute atomic E-state index is 13.0. The van der Waals surface area contributed by atoms with Crippen LogP contribution in [0.25, 0.3) is 17.4 Å². The zero-order chi connectivity index (χ0) is 19.6. The van der Waals surface area contributed by atoms with E-state index in [0.29, 0.717) is 17.1 Å². The van der Waals surface area contributed by atoms with Gasteiger partial charge in [0.1, 0.15) is 23.4 Å². The molecule has 27 heavy (non-hydrogen) atoms. The summed E-state index contributed by atoms with van der Waals surface area (Å²) in [5.74, 6) is -0.707. The van der Waals surface area contributed by atoms with E-state index >= 15 is 0 Å². The van der Waals surface area contributed by atoms with Crippen molar-refractivity contribution in [2.45, 2.75) is 19.9 Å². The van der Waals surface area contributed by atoms with Crippen molar-refractivity contribution in [3.63, 3.8) is 0 Å². The fraction of sp³-hybridized carbons (Fsp3) is 0.211. The van der Waals surface area contributed by atoms with Crippen LogP contribution < -0.4 is 0 Å². The van der Waals surface area contributed by atoms with Gasteiger partial charge in [-0.1, -0.05) is 0 Å². The monoisotopic (exact) mass is 389 g/mol. The summed E-state index contributed by atoms with van der Waals surface area (Å²) in [6.45, 7) is 3.25. The number of hydrogen-bond donors (Lipinski definition) is 0. The Balaban J connectivity index is 1.80. The molecule has 1 aromatic heterocycles. The van der Waals surface area contributed by atoms with Gasteiger partial charge in [0.15, 0.2) is 0 Å². The molecule has 1 unspecified atom stereocenters. The van der Waals surface area contributed by atoms with Gasteiger partial charge in [0.05, 0.1) is 11.5 Å². The van der Waals surface area contributed by atoms with Crippen LogP contribution in [0.3, 0.4) is 0 Å². The SMILES string of the molecule is CCOC(=O)C(C)N1C(=O)S/C(=C\c2ccc(-c3ccc(F)cc3)o2)C1=O. The number of rotatable bonds is 5. The molecule has 2 aromatic rings. The Hall–Kier alpha value is -2.87. The van der Waals surface area contributed by atoms with Gasteiger partial charge >= 0.3 is 5.97 Å². The van der Waals surface area contributed by atoms with E-state index < -0.39 is 23.2 Å². The molecule has 2 heterocycles. The van der Waals surface area contributed by atoms with Gasteiger partial charge in [-0.2, -0.15) is 0 Å². The molecule has 1 aliphatic heterocycles. The minimum Gasteiger partial charge on any atom is -0.464 e. The van der Waals surface area contributed by atoms with E-state index in [2.05, 4.69) is 0 Å². The quantitative estimate of drug-likeness (QED) is 0.567. The molecule has 1 saturated heterocycles. The smallest absolute Gasteiger partial charge is 0.329 e. The number of amides is 2. The van der Waals surface area contributed by atoms with Crippen LogP contribution in [0.5, 0.6) is 0 Å². The van der Waals surface area contributed by atoms with Crippen molar-refractivity contribution in [1.82, 2.24) is 4.90 Å². The second kappa shape index (κ2) is 7.79. The zero-order valence-electron chi connectivity index (χ0n) is 14.6. The number of carbonyl (C=O) groups excluding carboxylic acids is 3. The lowest BCUT2D eigenvalue weighted by Crippen LogP contribution is -2.42. The number of benzene rings is 1. The number of ether oxygens (including phenoxy) is 1. The molecule has 140 valence electrons. The predicted molar refractivity (Wildman–Crippen MR) is 98.0 cm³/mol. The van der Waals surface area contributed by atoms with Gasteiger partial charge in [-0.15, -0.1) is 0 Å². The number of nitrogens with zero attached hydrogens (tertiary/aromatic N) is 1. The molecule has 0 spiro atoms. The third-order valence-electron chi connectivity index (χ3n) is 3.87. The van der Waals surface area contributed by atoms with Gasteiger partial charge in [-0.25, -0.2) is 9.18 Å². The van der Waals surface area contributed by atoms with Crippen LogP contribution in [0.15, 0.2) is 45.7 Å². The number of hydrogen-bond acceptors (Lipinski definition) is 6. The van der Waals surface area contributed by atoms with Crippen LogP contribution >= 0.6 is 11.8 Å². The zero-order valence-corrected chi connectivity index (χ0v) is 15.4. The molecule has 0 N–H and O–H groups in total. The van der Waals surface area contributed by atoms with Crippen LogP contribution in [0.4, 0.5) is 9.18 Å². The molecule has 1 atom stereocenters. The average Bonchev–Trinajstić information content (AvgIpc) is 3.20. The van der Waals surface area contributed by atoms with Crippen molar-refractivity contribution in [2.24, 2.45) is 0 Å². The Morgan fingerprint density at radius 1 is 1.26 bits per heavy atom. The Morgan fingerprint density at radius 3 is 2.63 bits per heavy atom. The van der Waals surface area contributed by atoms with Crippen molar-refractivity contribution in [1.29, 1.82) is 0 Å². The van der Waals surface area contributed by atoms with Crippen LogP contribution in [-0.2, 0) is 14.3 Å². The second-order valence-corrected chi connectivity index (χ2v) is 6.68. The highest BCUT2D eigenvalue weighted by Gasteiger charge is 2.41. The van der Waals surface area contributed by atoms with Crippen LogP contribution in [0, 0.1) is 5.82 Å². The summed E-state index contributed by atoms with van der Waals surface area (Å²) < 4.78 is 23.5. The number of imide groups is 1. The Labute approximate surface area is 159 Å². The van der Waals surface area contributed by atoms with Gasteiger partial charge < -0.3 is 9.15 Å². The highest BCUT2D eigenvalue weighted by atomic mass is 32.2. The third-order valence-corrected chi connectivity index (χ3v) is 4.75. The molecule has 1 fully saturated rings. The van der Waals surface area contributed by atoms with Gasteiger partial charge in [0.25, 0.3) is 11.1 Å². The van der Waals surface area contributed by atoms with E-state index in [-0.39, 0.29) is 17.3 Å². The molecular formula is C19H16FNO5S. The lowest BCUT2D eigenvalue weighted by molar-refractivity contribution is -0.150. The molecule has 1 aliphatic rings. The molecule has 3 rings (SSSR count). The number of esters is 1. The van der Waals surface area contributed by atoms with Crippen molar-refractivity contribution in [3.05, 3.63) is 52.9 Å². The summed E-state index contributed by atoms with van der Waals surface area (Å²) in [5, 5.41) is -0.544. The Morgan fingerprint density at radius 2 is 1.96 bits per heavy atom. The molecule has 0 aliphatic carbocycles. The van der Waals surface area contributed by atoms with Crippen molar-refractivity contribution >= 4 is 35.0 Å². The standard InChI is InChI=1S/C19H16FNO5S/c1-3-25-18(23)11(2)21-17(22)16(27-19(21)24)10-14-8-9-15(26-14)12-4-6-13(20)7-5-12/h4-11H,3H2,1-2H3/b16-10-. The molecule has 0 bridgehead atoms. The number of thioether (sulfide) groups is 1. The van der Waals surface area contributed by atoms with Crippen LogP contribution in [0.1, 0.15) is 19.6 Å². The Kier molecular flexibility index (Phi) is 5.46. The fourth-order valence-electron chi connectivity index (χ4n) is 2.51. The highest BCUT2D eigenvalue weighted by Crippen LogP contribution is 2.34. The van der Waals surface area contributed by atoms with E-state index in [1.807, 2.05) is 0 Å². The summed E-state index contributed by atoms with van der Waals surface area (Å²) in [7, 11) is 0. The maximum Gasteiger partial charge on any atom is 0.329 e. The summed E-state index contributed by atoms with van der Waals surface area (Å²) in [5.41, 5.74) is 0.681. The minimum absolute atomic E-state index is 0.149. The summed E-state index contributed by atoms with van der Waals surface area (Å²) in [6.07, 6.45) is 1.44. The molecule has 2 amide bonds. The number of carbonyl (C=O) groups is 3. The second-order valence-electron chi connectivity index (χ2n) is 5.69. The molecule has 8 heteroatoms. The number of furan rings is 1. The number of halogens is 1. The first kappa shape index (κ1) is 18.9. The summed E-state index contributed by atoms with van der Waals surface area (Å²) in [6, 6.07) is 8.11. The highest BCUT2D eigenvalue weighted by molar-refractivity contribution is 8.18. The van der Waals surface area contributed by atoms with Gasteiger partial charge in [0.2, 0.25) is 0 Å². The van der Waals surface area contributed by atoms with Crippen molar-refractivity contribution in [2.75, 3.05) is 6.61 Å². The van der Waals surface area contributed by atoms with E-state index in [4.69, 9.17) is 9.15 Å². The normalized spacial score (nSPS) is 16.9. The summed E-state index contributed by atoms with van der Waals surface area (Å²) in [4.78, 5) is 37.5. The lowest BCUT2D eigenvalue weighted by Gasteiger charge is -2.19. The molecule has 0 radical (unpaired) electrons. The van der Waals surface area contributed by atoms with E-state index in [0.717, 1.165) is 16.7 Å². The molecule has 1 aromatic carbocycles. The van der Waals surface area contributed by atoms with E-state index in [1.165, 1.54) is 25.1 Å². The Bertz CT molecular complexity index is 918. The first-order valence-electron chi connectivity index (χ1n) is 8.20. The molecular weight excluding hydrogens is 373 g/mol. The van der Waals surface area contributed by atoms with Gasteiger partial charge in [-0.3, -0.25) is 14.5 Å². The van der Waals surface area contributed by atoms with Crippen molar-refractivity contribution in [3.8, 4) is 11.3 Å². The fourth-order valence-corrected chi connectivity index (χ4v) is 3.40. The van der Waals surface area contributed by atoms with Crippen LogP contribution in [-0.4, -0.2) is 34.7 Å². The third kappa shape index (κ3) is 3.95. The first-order chi connectivity index (χ1) is 12.9. The topological polar surface area (TPSA) is 76.8 Å². The van der Waals surface area contributed by atoms with E-state index in [9.17, 15) is 18.8 Å². The minimum atomic E-state index is -1.00. The molecule has 6 nitrogen and oxygen atoms in total. The van der Waals surface area contributed by atoms with Crippen LogP contribution in [0.2, 0.25) is 0 Å². The average molecular weight is 389 g/mol. The predicted octanol–water partition coefficient (Wildman–Crippen LogP) is 4.07. The first-order valence-corrected chi connectivity index (χ1v) is 9.02. The lowest BCUT2D eigenvalue weighted by atomic mass is 10.2. The molecule has 0 saturated carbocycles. The largest absolute Gasteiger partial charge is 0.464 e. The van der Waals surface area contributed by atoms with E-state index in [1.54, 1.807) is 31.2 Å². The maximum atomic E-state index is 13.0. The van der Waals surface area contributed by atoms with Gasteiger partial charge in [-0.05, 0) is 62.0 Å². The summed E-state index contributed by atoms with van der Waals surface area (Å²) >= 11 is 0.729. The van der Waals surface area contributed by atoms with Crippen molar-refractivity contribution < 1.29 is 27.9 Å². The van der Waals surface area contributed by atoms with Gasteiger partial charge in [0, 0.05) is 11.6 Å².